The third-order valence-electron chi connectivity index (χ3n) is 10.4. The topological polar surface area (TPSA) is 62.5 Å². The summed E-state index contributed by atoms with van der Waals surface area (Å²) in [6.45, 7) is 0. The molecule has 2 aliphatic rings. The number of hydrogen-bond acceptors (Lipinski definition) is 4. The van der Waals surface area contributed by atoms with Gasteiger partial charge in [0.2, 0.25) is 0 Å². The average Bonchev–Trinajstić information content (AvgIpc) is 3.68. The number of hydrogen-bond donors (Lipinski definition) is 0. The molecule has 0 unspecified atom stereocenters. The zero-order valence-corrected chi connectivity index (χ0v) is 27.5. The summed E-state index contributed by atoms with van der Waals surface area (Å²) in [7, 11) is 0. The Morgan fingerprint density at radius 3 is 1.49 bits per heavy atom. The minimum Gasteiger partial charge on any atom is -0.208 e. The highest BCUT2D eigenvalue weighted by atomic mass is 15.0. The molecule has 2 aliphatic carbocycles. The smallest absolute Gasteiger partial charge is 0.164 e. The molecular formula is C47H28N4. The zero-order valence-electron chi connectivity index (χ0n) is 27.5. The second-order valence-electron chi connectivity index (χ2n) is 13.1. The van der Waals surface area contributed by atoms with Crippen LogP contribution in [-0.4, -0.2) is 15.0 Å². The second-order valence-corrected chi connectivity index (χ2v) is 13.1. The first kappa shape index (κ1) is 29.0. The van der Waals surface area contributed by atoms with Crippen molar-refractivity contribution in [2.24, 2.45) is 0 Å². The highest BCUT2D eigenvalue weighted by Gasteiger charge is 2.52. The molecule has 0 saturated carbocycles. The minimum absolute atomic E-state index is 0.540. The number of benzene rings is 7. The molecule has 0 bridgehead atoms. The van der Waals surface area contributed by atoms with Crippen LogP contribution in [0.15, 0.2) is 170 Å². The fraction of sp³-hybridized carbons (Fsp3) is 0.0213. The first-order valence-electron chi connectivity index (χ1n) is 17.1. The van der Waals surface area contributed by atoms with Crippen LogP contribution in [0.5, 0.6) is 0 Å². The lowest BCUT2D eigenvalue weighted by Crippen LogP contribution is -2.25. The van der Waals surface area contributed by atoms with E-state index < -0.39 is 5.41 Å². The predicted octanol–water partition coefficient (Wildman–Crippen LogP) is 10.8. The van der Waals surface area contributed by atoms with E-state index in [0.717, 1.165) is 44.5 Å². The molecule has 0 amide bonds. The Morgan fingerprint density at radius 1 is 0.373 bits per heavy atom. The van der Waals surface area contributed by atoms with E-state index in [9.17, 15) is 5.26 Å². The van der Waals surface area contributed by atoms with E-state index in [4.69, 9.17) is 15.0 Å². The number of rotatable bonds is 4. The van der Waals surface area contributed by atoms with Gasteiger partial charge in [0.05, 0.1) is 17.0 Å². The van der Waals surface area contributed by atoms with Crippen LogP contribution in [0, 0.1) is 11.3 Å². The van der Waals surface area contributed by atoms with E-state index in [0.29, 0.717) is 23.0 Å². The number of aromatic nitrogens is 3. The lowest BCUT2D eigenvalue weighted by atomic mass is 9.70. The van der Waals surface area contributed by atoms with Crippen molar-refractivity contribution in [3.63, 3.8) is 0 Å². The molecule has 0 fully saturated rings. The molecule has 0 atom stereocenters. The highest BCUT2D eigenvalue weighted by molar-refractivity contribution is 5.97. The Balaban J connectivity index is 1.17. The van der Waals surface area contributed by atoms with Gasteiger partial charge < -0.3 is 0 Å². The van der Waals surface area contributed by atoms with Gasteiger partial charge in [0, 0.05) is 22.3 Å². The van der Waals surface area contributed by atoms with E-state index in [1.165, 1.54) is 27.8 Å². The molecule has 1 spiro atoms. The standard InChI is InChI=1S/C47H28N4/c48-29-35-19-12-24-41-43(35)38-26-25-33(28-42(38)47(41)39-22-9-7-20-36(39)37-21-8-10-23-40(37)47)32-17-11-18-34(27-32)46-50-44(30-13-3-1-4-14-30)49-45(51-46)31-15-5-2-6-16-31/h1-28H. The van der Waals surface area contributed by atoms with Crippen LogP contribution in [0.1, 0.15) is 27.8 Å². The van der Waals surface area contributed by atoms with Crippen molar-refractivity contribution in [3.8, 4) is 73.6 Å². The van der Waals surface area contributed by atoms with Crippen LogP contribution < -0.4 is 0 Å². The van der Waals surface area contributed by atoms with Gasteiger partial charge >= 0.3 is 0 Å². The number of nitrogens with zero attached hydrogens (tertiary/aromatic N) is 4. The summed E-state index contributed by atoms with van der Waals surface area (Å²) in [4.78, 5) is 14.9. The van der Waals surface area contributed by atoms with Crippen molar-refractivity contribution < 1.29 is 0 Å². The highest BCUT2D eigenvalue weighted by Crippen LogP contribution is 2.63. The van der Waals surface area contributed by atoms with E-state index >= 15 is 0 Å². The fourth-order valence-corrected chi connectivity index (χ4v) is 8.24. The van der Waals surface area contributed by atoms with Gasteiger partial charge in [-0.25, -0.2) is 15.0 Å². The van der Waals surface area contributed by atoms with E-state index in [-0.39, 0.29) is 0 Å². The van der Waals surface area contributed by atoms with E-state index in [2.05, 4.69) is 103 Å². The summed E-state index contributed by atoms with van der Waals surface area (Å²) in [6, 6.07) is 61.5. The van der Waals surface area contributed by atoms with Gasteiger partial charge in [-0.1, -0.05) is 152 Å². The molecule has 0 aliphatic heterocycles. The first-order chi connectivity index (χ1) is 25.2. The molecule has 7 aromatic carbocycles. The normalized spacial score (nSPS) is 12.8. The summed E-state index contributed by atoms with van der Waals surface area (Å²) in [6.07, 6.45) is 0. The Morgan fingerprint density at radius 2 is 0.863 bits per heavy atom. The van der Waals surface area contributed by atoms with Crippen LogP contribution in [-0.2, 0) is 5.41 Å². The molecule has 51 heavy (non-hydrogen) atoms. The third-order valence-corrected chi connectivity index (χ3v) is 10.4. The number of nitriles is 1. The maximum atomic E-state index is 10.3. The Hall–Kier alpha value is -6.96. The van der Waals surface area contributed by atoms with Crippen LogP contribution in [0.2, 0.25) is 0 Å². The van der Waals surface area contributed by atoms with E-state index in [1.807, 2.05) is 72.8 Å². The second kappa shape index (κ2) is 11.3. The van der Waals surface area contributed by atoms with Crippen molar-refractivity contribution in [2.75, 3.05) is 0 Å². The number of fused-ring (bicyclic) bond motifs is 10. The average molecular weight is 649 g/mol. The lowest BCUT2D eigenvalue weighted by molar-refractivity contribution is 0.794. The quantitative estimate of drug-likeness (QED) is 0.191. The maximum absolute atomic E-state index is 10.3. The van der Waals surface area contributed by atoms with Gasteiger partial charge in [0.1, 0.15) is 0 Å². The molecule has 4 heteroatoms. The molecule has 4 nitrogen and oxygen atoms in total. The Bertz CT molecular complexity index is 2600. The largest absolute Gasteiger partial charge is 0.208 e. The van der Waals surface area contributed by atoms with Gasteiger partial charge in [-0.05, 0) is 68.3 Å². The fourth-order valence-electron chi connectivity index (χ4n) is 8.24. The maximum Gasteiger partial charge on any atom is 0.164 e. The van der Waals surface area contributed by atoms with Crippen molar-refractivity contribution in [1.29, 1.82) is 5.26 Å². The molecule has 10 rings (SSSR count). The van der Waals surface area contributed by atoms with Crippen LogP contribution in [0.25, 0.3) is 67.5 Å². The molecule has 8 aromatic rings. The van der Waals surface area contributed by atoms with Gasteiger partial charge in [-0.3, -0.25) is 0 Å². The van der Waals surface area contributed by atoms with Gasteiger partial charge in [-0.2, -0.15) is 5.26 Å². The zero-order chi connectivity index (χ0) is 33.9. The lowest BCUT2D eigenvalue weighted by Gasteiger charge is -2.30. The summed E-state index contributed by atoms with van der Waals surface area (Å²) >= 11 is 0. The minimum atomic E-state index is -0.540. The summed E-state index contributed by atoms with van der Waals surface area (Å²) < 4.78 is 0. The molecule has 236 valence electrons. The van der Waals surface area contributed by atoms with Crippen LogP contribution >= 0.6 is 0 Å². The predicted molar refractivity (Wildman–Crippen MR) is 203 cm³/mol. The van der Waals surface area contributed by atoms with E-state index in [1.54, 1.807) is 0 Å². The van der Waals surface area contributed by atoms with Crippen molar-refractivity contribution >= 4 is 0 Å². The van der Waals surface area contributed by atoms with Crippen molar-refractivity contribution in [2.45, 2.75) is 5.41 Å². The first-order valence-corrected chi connectivity index (χ1v) is 17.1. The third kappa shape index (κ3) is 4.29. The monoisotopic (exact) mass is 648 g/mol. The van der Waals surface area contributed by atoms with Gasteiger partial charge in [-0.15, -0.1) is 0 Å². The van der Waals surface area contributed by atoms with Crippen LogP contribution in [0.3, 0.4) is 0 Å². The summed E-state index contributed by atoms with van der Waals surface area (Å²) in [5.41, 5.74) is 14.5. The molecule has 0 radical (unpaired) electrons. The molecule has 1 heterocycles. The van der Waals surface area contributed by atoms with Crippen LogP contribution in [0.4, 0.5) is 0 Å². The van der Waals surface area contributed by atoms with Gasteiger partial charge in [0.25, 0.3) is 0 Å². The van der Waals surface area contributed by atoms with Gasteiger partial charge in [0.15, 0.2) is 17.5 Å². The van der Waals surface area contributed by atoms with Crippen molar-refractivity contribution in [3.05, 3.63) is 198 Å². The molecule has 0 saturated heterocycles. The molecular weight excluding hydrogens is 621 g/mol. The Labute approximate surface area is 296 Å². The Kier molecular flexibility index (Phi) is 6.43. The molecule has 0 N–H and O–H groups in total. The SMILES string of the molecule is N#Cc1cccc2c1-c1ccc(-c3cccc(-c4nc(-c5ccccc5)nc(-c5ccccc5)n4)c3)cc1C21c2ccccc2-c2ccccc21. The summed E-state index contributed by atoms with van der Waals surface area (Å²) in [5, 5.41) is 10.3. The van der Waals surface area contributed by atoms with Crippen molar-refractivity contribution in [1.82, 2.24) is 15.0 Å². The molecule has 1 aromatic heterocycles. The summed E-state index contributed by atoms with van der Waals surface area (Å²) in [5.74, 6) is 1.88.